The van der Waals surface area contributed by atoms with Crippen LogP contribution in [0.25, 0.3) is 0 Å². The summed E-state index contributed by atoms with van der Waals surface area (Å²) in [4.78, 5) is 11.4. The van der Waals surface area contributed by atoms with E-state index in [2.05, 4.69) is 10.5 Å². The van der Waals surface area contributed by atoms with Crippen molar-refractivity contribution in [3.8, 4) is 0 Å². The van der Waals surface area contributed by atoms with Crippen molar-refractivity contribution in [3.63, 3.8) is 0 Å². The van der Waals surface area contributed by atoms with Crippen molar-refractivity contribution in [2.24, 2.45) is 11.0 Å². The van der Waals surface area contributed by atoms with Gasteiger partial charge in [0.05, 0.1) is 19.1 Å². The van der Waals surface area contributed by atoms with E-state index in [-0.39, 0.29) is 5.92 Å². The van der Waals surface area contributed by atoms with Gasteiger partial charge in [0.2, 0.25) is 0 Å². The van der Waals surface area contributed by atoms with Gasteiger partial charge in [-0.2, -0.15) is 16.9 Å². The molecule has 1 unspecified atom stereocenters. The summed E-state index contributed by atoms with van der Waals surface area (Å²) in [6.45, 7) is 6.64. The number of nitrogens with one attached hydrogen (secondary N) is 1. The number of rotatable bonds is 2. The van der Waals surface area contributed by atoms with Gasteiger partial charge in [0.15, 0.2) is 5.79 Å². The van der Waals surface area contributed by atoms with E-state index >= 15 is 0 Å². The lowest BCUT2D eigenvalue weighted by Crippen LogP contribution is -2.39. The Hall–Kier alpha value is -0.790. The first-order chi connectivity index (χ1) is 8.91. The molecule has 1 spiro atoms. The van der Waals surface area contributed by atoms with Crippen molar-refractivity contribution in [2.45, 2.75) is 32.2 Å². The Morgan fingerprint density at radius 2 is 2.16 bits per heavy atom. The van der Waals surface area contributed by atoms with Crippen LogP contribution in [0.2, 0.25) is 0 Å². The number of amides is 1. The van der Waals surface area contributed by atoms with Gasteiger partial charge in [-0.1, -0.05) is 0 Å². The third-order valence-electron chi connectivity index (χ3n) is 2.75. The van der Waals surface area contributed by atoms with Crippen LogP contribution in [0.5, 0.6) is 0 Å². The molecule has 2 aliphatic rings. The van der Waals surface area contributed by atoms with Crippen molar-refractivity contribution in [3.05, 3.63) is 0 Å². The minimum Gasteiger partial charge on any atom is -0.443 e. The standard InChI is InChI=1S/C12H20N2O4S/c1-11(2,3)18-10(15)14-13-6-9-7-19-8-12(9)16-4-5-17-12/h6,9H,4-5,7-8H2,1-3H3,(H,14,15)/b13-6+. The number of hydrogen-bond donors (Lipinski definition) is 1. The molecule has 2 aliphatic heterocycles. The van der Waals surface area contributed by atoms with Gasteiger partial charge in [0, 0.05) is 17.7 Å². The Balaban J connectivity index is 1.84. The Labute approximate surface area is 117 Å². The SMILES string of the molecule is CC(C)(C)OC(=O)N/N=C/C1CSCC12OCCO2. The molecule has 0 bridgehead atoms. The summed E-state index contributed by atoms with van der Waals surface area (Å²) in [6, 6.07) is 0. The minimum absolute atomic E-state index is 0.0509. The molecule has 0 aromatic rings. The summed E-state index contributed by atoms with van der Waals surface area (Å²) < 4.78 is 16.4. The zero-order valence-electron chi connectivity index (χ0n) is 11.5. The summed E-state index contributed by atoms with van der Waals surface area (Å²) in [6.07, 6.45) is 1.12. The lowest BCUT2D eigenvalue weighted by Gasteiger charge is -2.25. The van der Waals surface area contributed by atoms with E-state index in [4.69, 9.17) is 14.2 Å². The molecule has 1 atom stereocenters. The molecule has 2 fully saturated rings. The lowest BCUT2D eigenvalue weighted by molar-refractivity contribution is -0.149. The van der Waals surface area contributed by atoms with Crippen LogP contribution in [0.4, 0.5) is 4.79 Å². The fourth-order valence-corrected chi connectivity index (χ4v) is 3.34. The summed E-state index contributed by atoms with van der Waals surface area (Å²) >= 11 is 1.76. The monoisotopic (exact) mass is 288 g/mol. The largest absolute Gasteiger partial charge is 0.443 e. The molecule has 6 nitrogen and oxygen atoms in total. The van der Waals surface area contributed by atoms with Crippen molar-refractivity contribution < 1.29 is 19.0 Å². The molecule has 0 aliphatic carbocycles. The topological polar surface area (TPSA) is 69.2 Å². The molecule has 108 valence electrons. The highest BCUT2D eigenvalue weighted by Crippen LogP contribution is 2.39. The summed E-state index contributed by atoms with van der Waals surface area (Å²) in [5, 5.41) is 3.93. The van der Waals surface area contributed by atoms with Gasteiger partial charge in [-0.25, -0.2) is 10.2 Å². The van der Waals surface area contributed by atoms with Crippen molar-refractivity contribution in [2.75, 3.05) is 24.7 Å². The summed E-state index contributed by atoms with van der Waals surface area (Å²) in [5.74, 6) is 1.18. The molecule has 0 radical (unpaired) electrons. The van der Waals surface area contributed by atoms with Crippen LogP contribution in [-0.4, -0.2) is 48.4 Å². The molecule has 2 rings (SSSR count). The average molecular weight is 288 g/mol. The van der Waals surface area contributed by atoms with Gasteiger partial charge in [-0.3, -0.25) is 0 Å². The van der Waals surface area contributed by atoms with Gasteiger partial charge in [0.1, 0.15) is 5.60 Å². The number of carbonyl (C=O) groups is 1. The maximum atomic E-state index is 11.4. The van der Waals surface area contributed by atoms with Gasteiger partial charge in [0.25, 0.3) is 0 Å². The molecule has 7 heteroatoms. The van der Waals surface area contributed by atoms with E-state index < -0.39 is 17.5 Å². The quantitative estimate of drug-likeness (QED) is 0.617. The summed E-state index contributed by atoms with van der Waals surface area (Å²) in [5.41, 5.74) is 1.83. The maximum absolute atomic E-state index is 11.4. The first-order valence-electron chi connectivity index (χ1n) is 6.29. The van der Waals surface area contributed by atoms with Crippen LogP contribution in [0.1, 0.15) is 20.8 Å². The first-order valence-corrected chi connectivity index (χ1v) is 7.45. The van der Waals surface area contributed by atoms with Gasteiger partial charge < -0.3 is 14.2 Å². The zero-order valence-corrected chi connectivity index (χ0v) is 12.3. The van der Waals surface area contributed by atoms with Gasteiger partial charge in [-0.15, -0.1) is 0 Å². The van der Waals surface area contributed by atoms with E-state index in [1.807, 2.05) is 0 Å². The number of nitrogens with zero attached hydrogens (tertiary/aromatic N) is 1. The minimum atomic E-state index is -0.559. The molecule has 0 aromatic heterocycles. The highest BCUT2D eigenvalue weighted by Gasteiger charge is 2.47. The normalized spacial score (nSPS) is 26.2. The Morgan fingerprint density at radius 3 is 2.79 bits per heavy atom. The molecular formula is C12H20N2O4S. The predicted octanol–water partition coefficient (Wildman–Crippen LogP) is 1.60. The fourth-order valence-electron chi connectivity index (χ4n) is 1.97. The van der Waals surface area contributed by atoms with Crippen molar-refractivity contribution >= 4 is 24.1 Å². The Kier molecular flexibility index (Phi) is 4.37. The number of carbonyl (C=O) groups excluding carboxylic acids is 1. The molecule has 1 amide bonds. The molecular weight excluding hydrogens is 268 g/mol. The summed E-state index contributed by atoms with van der Waals surface area (Å²) in [7, 11) is 0. The smallest absolute Gasteiger partial charge is 0.428 e. The first kappa shape index (κ1) is 14.6. The van der Waals surface area contributed by atoms with Crippen LogP contribution in [0, 0.1) is 5.92 Å². The van der Waals surface area contributed by atoms with E-state index in [0.29, 0.717) is 13.2 Å². The molecule has 1 N–H and O–H groups in total. The van der Waals surface area contributed by atoms with Crippen LogP contribution in [-0.2, 0) is 14.2 Å². The van der Waals surface area contributed by atoms with Crippen LogP contribution in [0.15, 0.2) is 5.10 Å². The number of ether oxygens (including phenoxy) is 3. The van der Waals surface area contributed by atoms with Crippen molar-refractivity contribution in [1.29, 1.82) is 0 Å². The molecule has 2 saturated heterocycles. The number of hydrazone groups is 1. The highest BCUT2D eigenvalue weighted by atomic mass is 32.2. The van der Waals surface area contributed by atoms with E-state index in [9.17, 15) is 4.79 Å². The van der Waals surface area contributed by atoms with E-state index in [1.54, 1.807) is 38.7 Å². The Bertz CT molecular complexity index is 356. The third-order valence-corrected chi connectivity index (χ3v) is 3.95. The third kappa shape index (κ3) is 3.84. The van der Waals surface area contributed by atoms with Crippen LogP contribution < -0.4 is 5.43 Å². The zero-order chi connectivity index (χ0) is 13.9. The second-order valence-electron chi connectivity index (χ2n) is 5.52. The van der Waals surface area contributed by atoms with Crippen LogP contribution in [0.3, 0.4) is 0 Å². The second kappa shape index (κ2) is 5.68. The molecule has 2 heterocycles. The molecule has 0 saturated carbocycles. The maximum Gasteiger partial charge on any atom is 0.428 e. The molecule has 0 aromatic carbocycles. The highest BCUT2D eigenvalue weighted by molar-refractivity contribution is 7.99. The fraction of sp³-hybridized carbons (Fsp3) is 0.833. The average Bonchev–Trinajstić information content (AvgIpc) is 2.88. The van der Waals surface area contributed by atoms with Crippen molar-refractivity contribution in [1.82, 2.24) is 5.43 Å². The number of hydrogen-bond acceptors (Lipinski definition) is 6. The van der Waals surface area contributed by atoms with E-state index in [0.717, 1.165) is 11.5 Å². The predicted molar refractivity (Wildman–Crippen MR) is 73.3 cm³/mol. The van der Waals surface area contributed by atoms with E-state index in [1.165, 1.54) is 0 Å². The molecule has 19 heavy (non-hydrogen) atoms. The Morgan fingerprint density at radius 1 is 1.47 bits per heavy atom. The number of thioether (sulfide) groups is 1. The van der Waals surface area contributed by atoms with Crippen LogP contribution >= 0.6 is 11.8 Å². The van der Waals surface area contributed by atoms with Gasteiger partial charge >= 0.3 is 6.09 Å². The van der Waals surface area contributed by atoms with Gasteiger partial charge in [-0.05, 0) is 20.8 Å². The lowest BCUT2D eigenvalue weighted by atomic mass is 10.0. The second-order valence-corrected chi connectivity index (χ2v) is 6.55.